The number of methoxy groups -OCH3 is 1. The number of hydrogen-bond donors (Lipinski definition) is 3. The van der Waals surface area contributed by atoms with Crippen LogP contribution in [0.1, 0.15) is 47.0 Å². The first-order chi connectivity index (χ1) is 12.5. The van der Waals surface area contributed by atoms with Gasteiger partial charge < -0.3 is 19.9 Å². The first-order valence-corrected chi connectivity index (χ1v) is 10.0. The average molecular weight is 407 g/mol. The Morgan fingerprint density at radius 1 is 1.04 bits per heavy atom. The van der Waals surface area contributed by atoms with E-state index in [1.165, 1.54) is 11.9 Å². The minimum atomic E-state index is -0.975. The fraction of sp³-hybridized carbons (Fsp3) is 0.833. The number of hydrogen-bond acceptors (Lipinski definition) is 6. The zero-order valence-corrected chi connectivity index (χ0v) is 17.9. The summed E-state index contributed by atoms with van der Waals surface area (Å²) in [5.74, 6) is -0.589. The number of amides is 2. The molecule has 8 nitrogen and oxygen atoms in total. The molecule has 0 aromatic carbocycles. The molecule has 0 saturated heterocycles. The minimum absolute atomic E-state index is 0.0548. The van der Waals surface area contributed by atoms with Gasteiger partial charge in [-0.2, -0.15) is 0 Å². The van der Waals surface area contributed by atoms with Crippen LogP contribution in [0.2, 0.25) is 0 Å². The van der Waals surface area contributed by atoms with Crippen LogP contribution in [-0.2, 0) is 23.9 Å². The van der Waals surface area contributed by atoms with Crippen molar-refractivity contribution in [2.45, 2.75) is 47.0 Å². The van der Waals surface area contributed by atoms with Gasteiger partial charge in [0.25, 0.3) is 0 Å². The molecule has 0 fully saturated rings. The molecule has 0 rings (SSSR count). The zero-order chi connectivity index (χ0) is 20.9. The Morgan fingerprint density at radius 3 is 2.30 bits per heavy atom. The van der Waals surface area contributed by atoms with E-state index in [0.29, 0.717) is 45.0 Å². The van der Waals surface area contributed by atoms with E-state index in [4.69, 9.17) is 9.47 Å². The summed E-state index contributed by atoms with van der Waals surface area (Å²) in [6.45, 7) is 8.62. The summed E-state index contributed by atoms with van der Waals surface area (Å²) < 4.78 is 12.8. The Labute approximate surface area is 166 Å². The van der Waals surface area contributed by atoms with Crippen molar-refractivity contribution in [2.24, 2.45) is 10.8 Å². The largest absolute Gasteiger partial charge is 0.481 e. The van der Waals surface area contributed by atoms with Gasteiger partial charge >= 0.3 is 5.97 Å². The summed E-state index contributed by atoms with van der Waals surface area (Å²) in [6.07, 6.45) is 1.23. The molecule has 0 aliphatic rings. The summed E-state index contributed by atoms with van der Waals surface area (Å²) in [7, 11) is 1.60. The lowest BCUT2D eigenvalue weighted by atomic mass is 9.75. The number of ether oxygens (including phenoxy) is 2. The maximum atomic E-state index is 12.3. The van der Waals surface area contributed by atoms with Crippen LogP contribution in [0.5, 0.6) is 0 Å². The Bertz CT molecular complexity index is 482. The molecule has 0 aliphatic heterocycles. The highest BCUT2D eigenvalue weighted by atomic mass is 32.2. The monoisotopic (exact) mass is 406 g/mol. The van der Waals surface area contributed by atoms with Crippen LogP contribution >= 0.6 is 11.9 Å². The maximum Gasteiger partial charge on any atom is 0.309 e. The van der Waals surface area contributed by atoms with Gasteiger partial charge in [0.2, 0.25) is 11.8 Å². The number of aliphatic carboxylic acids is 1. The van der Waals surface area contributed by atoms with Gasteiger partial charge in [0, 0.05) is 31.2 Å². The van der Waals surface area contributed by atoms with Crippen LogP contribution in [0.25, 0.3) is 0 Å². The molecular formula is C18H34N2O6S. The van der Waals surface area contributed by atoms with Gasteiger partial charge in [-0.3, -0.25) is 19.1 Å². The summed E-state index contributed by atoms with van der Waals surface area (Å²) in [6, 6.07) is 0. The molecule has 0 radical (unpaired) electrons. The predicted molar refractivity (Wildman–Crippen MR) is 105 cm³/mol. The van der Waals surface area contributed by atoms with Gasteiger partial charge in [0.15, 0.2) is 0 Å². The van der Waals surface area contributed by atoms with E-state index >= 15 is 0 Å². The SMILES string of the molecule is COCCOCCNC(=O)CCCSNC(=O)C(C)(C)CC(C)(C)C(=O)O. The highest BCUT2D eigenvalue weighted by molar-refractivity contribution is 7.97. The van der Waals surface area contributed by atoms with Gasteiger partial charge in [-0.05, 0) is 26.7 Å². The van der Waals surface area contributed by atoms with Crippen molar-refractivity contribution >= 4 is 29.7 Å². The fourth-order valence-corrected chi connectivity index (χ4v) is 3.21. The molecule has 0 atom stereocenters. The Morgan fingerprint density at radius 2 is 1.70 bits per heavy atom. The smallest absolute Gasteiger partial charge is 0.309 e. The second-order valence-electron chi connectivity index (χ2n) is 7.59. The van der Waals surface area contributed by atoms with E-state index in [9.17, 15) is 19.5 Å². The molecule has 0 aliphatic carbocycles. The van der Waals surface area contributed by atoms with Gasteiger partial charge in [0.05, 0.1) is 25.2 Å². The Balaban J connectivity index is 3.89. The molecule has 0 saturated carbocycles. The van der Waals surface area contributed by atoms with E-state index in [-0.39, 0.29) is 18.2 Å². The predicted octanol–water partition coefficient (Wildman–Crippen LogP) is 1.84. The number of carboxylic acids is 1. The molecule has 2 amide bonds. The molecule has 0 heterocycles. The van der Waals surface area contributed by atoms with E-state index < -0.39 is 16.8 Å². The number of nitrogens with one attached hydrogen (secondary N) is 2. The lowest BCUT2D eigenvalue weighted by molar-refractivity contribution is -0.149. The normalized spacial score (nSPS) is 11.9. The highest BCUT2D eigenvalue weighted by Crippen LogP contribution is 2.34. The lowest BCUT2D eigenvalue weighted by Crippen LogP contribution is -2.39. The van der Waals surface area contributed by atoms with Gasteiger partial charge in [0.1, 0.15) is 0 Å². The van der Waals surface area contributed by atoms with Crippen molar-refractivity contribution in [3.63, 3.8) is 0 Å². The second-order valence-corrected chi connectivity index (χ2v) is 8.49. The fourth-order valence-electron chi connectivity index (χ4n) is 2.42. The molecule has 9 heteroatoms. The molecule has 0 bridgehead atoms. The molecular weight excluding hydrogens is 372 g/mol. The van der Waals surface area contributed by atoms with Gasteiger partial charge in [-0.1, -0.05) is 25.8 Å². The third kappa shape index (κ3) is 11.9. The standard InChI is InChI=1S/C18H34N2O6S/c1-17(2,13-18(3,4)16(23)24)15(22)20-27-12-6-7-14(21)19-8-9-26-11-10-25-5/h6-13H2,1-5H3,(H,19,21)(H,20,22)(H,23,24). The van der Waals surface area contributed by atoms with Crippen LogP contribution in [-0.4, -0.2) is 62.1 Å². The first-order valence-electron chi connectivity index (χ1n) is 9.02. The van der Waals surface area contributed by atoms with E-state index in [0.717, 1.165) is 0 Å². The van der Waals surface area contributed by atoms with Crippen molar-refractivity contribution < 1.29 is 29.0 Å². The van der Waals surface area contributed by atoms with E-state index in [1.807, 2.05) is 0 Å². The highest BCUT2D eigenvalue weighted by Gasteiger charge is 2.38. The molecule has 0 spiro atoms. The van der Waals surface area contributed by atoms with Crippen molar-refractivity contribution in [3.8, 4) is 0 Å². The van der Waals surface area contributed by atoms with E-state index in [1.54, 1.807) is 34.8 Å². The van der Waals surface area contributed by atoms with Crippen LogP contribution in [0, 0.1) is 10.8 Å². The molecule has 3 N–H and O–H groups in total. The van der Waals surface area contributed by atoms with Crippen molar-refractivity contribution in [1.82, 2.24) is 10.0 Å². The summed E-state index contributed by atoms with van der Waals surface area (Å²) in [5, 5.41) is 12.0. The van der Waals surface area contributed by atoms with Gasteiger partial charge in [-0.15, -0.1) is 0 Å². The lowest BCUT2D eigenvalue weighted by Gasteiger charge is -2.30. The minimum Gasteiger partial charge on any atom is -0.481 e. The second kappa shape index (κ2) is 13.0. The van der Waals surface area contributed by atoms with Crippen LogP contribution in [0.15, 0.2) is 0 Å². The molecule has 27 heavy (non-hydrogen) atoms. The average Bonchev–Trinajstić information content (AvgIpc) is 2.56. The number of carboxylic acid groups (broad SMARTS) is 1. The number of carbonyl (C=O) groups is 3. The molecule has 158 valence electrons. The van der Waals surface area contributed by atoms with Crippen LogP contribution < -0.4 is 10.0 Å². The van der Waals surface area contributed by atoms with Crippen LogP contribution in [0.4, 0.5) is 0 Å². The third-order valence-electron chi connectivity index (χ3n) is 3.89. The first kappa shape index (κ1) is 25.7. The number of rotatable bonds is 15. The maximum absolute atomic E-state index is 12.3. The Hall–Kier alpha value is -1.32. The zero-order valence-electron chi connectivity index (χ0n) is 17.1. The van der Waals surface area contributed by atoms with Crippen molar-refractivity contribution in [3.05, 3.63) is 0 Å². The van der Waals surface area contributed by atoms with E-state index in [2.05, 4.69) is 10.0 Å². The summed E-state index contributed by atoms with van der Waals surface area (Å²) in [4.78, 5) is 35.2. The third-order valence-corrected chi connectivity index (χ3v) is 4.72. The van der Waals surface area contributed by atoms with Crippen molar-refractivity contribution in [1.29, 1.82) is 0 Å². The number of carbonyl (C=O) groups excluding carboxylic acids is 2. The quantitative estimate of drug-likeness (QED) is 0.281. The Kier molecular flexibility index (Phi) is 12.3. The summed E-state index contributed by atoms with van der Waals surface area (Å²) in [5.41, 5.74) is -1.77. The van der Waals surface area contributed by atoms with Crippen molar-refractivity contribution in [2.75, 3.05) is 39.2 Å². The molecule has 0 aromatic rings. The van der Waals surface area contributed by atoms with Gasteiger partial charge in [-0.25, -0.2) is 0 Å². The molecule has 0 aromatic heterocycles. The topological polar surface area (TPSA) is 114 Å². The molecule has 0 unspecified atom stereocenters. The van der Waals surface area contributed by atoms with Crippen LogP contribution in [0.3, 0.4) is 0 Å². The summed E-state index contributed by atoms with van der Waals surface area (Å²) >= 11 is 1.24.